The Morgan fingerprint density at radius 1 is 0.623 bits per heavy atom. The Balaban J connectivity index is 0.000000176. The number of halogens is 3. The molecule has 0 fully saturated rings. The third-order valence-corrected chi connectivity index (χ3v) is 10.5. The second kappa shape index (κ2) is 24.6. The summed E-state index contributed by atoms with van der Waals surface area (Å²) in [6.07, 6.45) is 10.9. The van der Waals surface area contributed by atoms with E-state index in [1.54, 1.807) is 59.8 Å². The van der Waals surface area contributed by atoms with Gasteiger partial charge in [-0.25, -0.2) is 14.4 Å². The predicted octanol–water partition coefficient (Wildman–Crippen LogP) is 9.04. The molecule has 0 aliphatic heterocycles. The van der Waals surface area contributed by atoms with E-state index in [-0.39, 0.29) is 26.0 Å². The molecular weight excluding hydrogens is 973 g/mol. The maximum Gasteiger partial charge on any atom is 0.337 e. The average Bonchev–Trinajstić information content (AvgIpc) is 4.08. The van der Waals surface area contributed by atoms with Crippen molar-refractivity contribution in [3.05, 3.63) is 177 Å². The van der Waals surface area contributed by atoms with Crippen LogP contribution in [-0.2, 0) is 48.2 Å². The van der Waals surface area contributed by atoms with Crippen molar-refractivity contribution in [3.63, 3.8) is 0 Å². The van der Waals surface area contributed by atoms with E-state index in [4.69, 9.17) is 44.3 Å². The summed E-state index contributed by atoms with van der Waals surface area (Å²) in [4.78, 5) is 46.6. The molecule has 0 saturated carbocycles. The Hall–Kier alpha value is -7.29. The van der Waals surface area contributed by atoms with Crippen LogP contribution in [0.15, 0.2) is 128 Å². The number of benzene rings is 3. The number of ether oxygens (including phenoxy) is 3. The first-order valence-electron chi connectivity index (χ1n) is 19.9. The summed E-state index contributed by atoms with van der Waals surface area (Å²) in [5, 5.41) is 20.5. The average molecular weight is 1020 g/mol. The number of nitrogens with one attached hydrogen (secondary N) is 1. The Morgan fingerprint density at radius 2 is 1.13 bits per heavy atom. The van der Waals surface area contributed by atoms with Crippen LogP contribution in [0.5, 0.6) is 0 Å². The highest BCUT2D eigenvalue weighted by Crippen LogP contribution is 2.21. The van der Waals surface area contributed by atoms with Gasteiger partial charge in [-0.15, -0.1) is 0 Å². The van der Waals surface area contributed by atoms with E-state index in [0.717, 1.165) is 55.4 Å². The van der Waals surface area contributed by atoms with E-state index in [2.05, 4.69) is 44.3 Å². The van der Waals surface area contributed by atoms with E-state index in [9.17, 15) is 22.8 Å². The van der Waals surface area contributed by atoms with Gasteiger partial charge in [0.25, 0.3) is 10.1 Å². The number of fused-ring (bicyclic) bond motifs is 3. The number of carbonyl (C=O) groups is 3. The van der Waals surface area contributed by atoms with Gasteiger partial charge in [-0.1, -0.05) is 42.2 Å². The molecule has 0 bridgehead atoms. The Morgan fingerprint density at radius 3 is 1.71 bits per heavy atom. The highest BCUT2D eigenvalue weighted by molar-refractivity contribution is 7.85. The number of aromatic nitrogens is 9. The summed E-state index contributed by atoms with van der Waals surface area (Å²) in [5.74, 6) is -1.27. The molecule has 3 aromatic carbocycles. The number of carbonyl (C=O) groups excluding carboxylic acids is 3. The molecule has 0 atom stereocenters. The van der Waals surface area contributed by atoms with Crippen molar-refractivity contribution in [2.24, 2.45) is 0 Å². The summed E-state index contributed by atoms with van der Waals surface area (Å²) >= 11 is 17.7. The zero-order chi connectivity index (χ0) is 48.8. The van der Waals surface area contributed by atoms with E-state index in [1.807, 2.05) is 59.4 Å². The first-order valence-corrected chi connectivity index (χ1v) is 22.8. The number of esters is 3. The lowest BCUT2D eigenvalue weighted by molar-refractivity contribution is 0.0591. The van der Waals surface area contributed by atoms with E-state index in [0.29, 0.717) is 45.5 Å². The van der Waals surface area contributed by atoms with Gasteiger partial charge in [-0.3, -0.25) is 33.6 Å². The summed E-state index contributed by atoms with van der Waals surface area (Å²) < 4.78 is 43.5. The van der Waals surface area contributed by atoms with Gasteiger partial charge in [0.2, 0.25) is 0 Å². The van der Waals surface area contributed by atoms with Crippen LogP contribution in [0.25, 0.3) is 32.7 Å². The Labute approximate surface area is 411 Å². The lowest BCUT2D eigenvalue weighted by Gasteiger charge is -2.05. The number of nitrogens with zero attached hydrogens (tertiary/aromatic N) is 8. The number of hydrogen-bond donors (Lipinski definition) is 1. The van der Waals surface area contributed by atoms with E-state index >= 15 is 0 Å². The molecule has 0 spiro atoms. The largest absolute Gasteiger partial charge is 0.465 e. The van der Waals surface area contributed by atoms with Gasteiger partial charge in [0.15, 0.2) is 0 Å². The molecule has 0 aliphatic carbocycles. The number of rotatable bonds is 10. The quantitative estimate of drug-likeness (QED) is 0.0766. The third-order valence-electron chi connectivity index (χ3n) is 9.29. The van der Waals surface area contributed by atoms with Crippen LogP contribution < -0.4 is 0 Å². The number of hydrogen-bond acceptors (Lipinski definition) is 15. The van der Waals surface area contributed by atoms with Crippen LogP contribution in [0.2, 0.25) is 15.1 Å². The van der Waals surface area contributed by atoms with Crippen LogP contribution in [0.3, 0.4) is 0 Å². The standard InChI is InChI=1S/2C15H12ClN3O2.C9H11NO5S.C7H5ClN2.CH4/c1-21-15(20)10-4-5-17-13(7-10)9-19-8-11-6-12(16)2-3-14(11)18-19;1-21-15(20)10-4-5-17-13(7-10)9-19-14-3-2-12(16)6-11(14)8-18-19;1-14-9(11)7-3-4-10-8(5-7)6-15-16(2,12)13;8-6-1-2-7-5(3-6)4-9-10-7;/h2*2-8H,9H2,1H3;3-5H,6H2,1-2H3;1-4H,(H,9,10);1H4. The van der Waals surface area contributed by atoms with Crippen LogP contribution in [0.1, 0.15) is 55.6 Å². The van der Waals surface area contributed by atoms with Gasteiger partial charge in [-0.05, 0) is 91.0 Å². The normalized spacial score (nSPS) is 10.7. The van der Waals surface area contributed by atoms with Gasteiger partial charge < -0.3 is 14.2 Å². The smallest absolute Gasteiger partial charge is 0.337 e. The van der Waals surface area contributed by atoms with Crippen molar-refractivity contribution < 1.29 is 41.2 Å². The van der Waals surface area contributed by atoms with Gasteiger partial charge >= 0.3 is 17.9 Å². The molecule has 0 unspecified atom stereocenters. The van der Waals surface area contributed by atoms with Crippen LogP contribution in [-0.4, -0.2) is 98.6 Å². The molecule has 6 aromatic heterocycles. The molecule has 9 rings (SSSR count). The zero-order valence-electron chi connectivity index (χ0n) is 36.5. The van der Waals surface area contributed by atoms with Crippen molar-refractivity contribution in [2.45, 2.75) is 27.1 Å². The summed E-state index contributed by atoms with van der Waals surface area (Å²) in [7, 11) is 0.450. The monoisotopic (exact) mass is 1020 g/mol. The molecule has 69 heavy (non-hydrogen) atoms. The zero-order valence-corrected chi connectivity index (χ0v) is 39.6. The summed E-state index contributed by atoms with van der Waals surface area (Å²) in [6.45, 7) is 0.733. The van der Waals surface area contributed by atoms with Gasteiger partial charge in [0.05, 0.1) is 103 Å². The summed E-state index contributed by atoms with van der Waals surface area (Å²) in [5.41, 5.74) is 5.90. The Bertz CT molecular complexity index is 3320. The molecular formula is C47H44Cl3N9O9S. The lowest BCUT2D eigenvalue weighted by Crippen LogP contribution is -2.06. The van der Waals surface area contributed by atoms with Crippen molar-refractivity contribution in [1.29, 1.82) is 0 Å². The van der Waals surface area contributed by atoms with Gasteiger partial charge in [0, 0.05) is 56.0 Å². The maximum atomic E-state index is 11.5. The Kier molecular flexibility index (Phi) is 18.8. The fraction of sp³-hybridized carbons (Fsp3) is 0.170. The van der Waals surface area contributed by atoms with Gasteiger partial charge in [-0.2, -0.15) is 23.7 Å². The predicted molar refractivity (Wildman–Crippen MR) is 262 cm³/mol. The first kappa shape index (κ1) is 52.7. The highest BCUT2D eigenvalue weighted by atomic mass is 35.5. The molecule has 358 valence electrons. The minimum Gasteiger partial charge on any atom is -0.465 e. The van der Waals surface area contributed by atoms with E-state index < -0.39 is 16.1 Å². The molecule has 0 radical (unpaired) electrons. The molecule has 9 aromatic rings. The minimum atomic E-state index is -3.52. The maximum absolute atomic E-state index is 11.5. The molecule has 0 amide bonds. The fourth-order valence-corrected chi connectivity index (χ4v) is 7.01. The highest BCUT2D eigenvalue weighted by Gasteiger charge is 2.12. The first-order chi connectivity index (χ1) is 32.6. The fourth-order valence-electron chi connectivity index (χ4n) is 6.13. The van der Waals surface area contributed by atoms with Crippen molar-refractivity contribution >= 4 is 95.5 Å². The van der Waals surface area contributed by atoms with Crippen molar-refractivity contribution in [2.75, 3.05) is 27.6 Å². The van der Waals surface area contributed by atoms with Crippen LogP contribution in [0, 0.1) is 0 Å². The van der Waals surface area contributed by atoms with Crippen LogP contribution in [0.4, 0.5) is 0 Å². The molecule has 6 heterocycles. The second-order valence-electron chi connectivity index (χ2n) is 14.2. The van der Waals surface area contributed by atoms with Crippen LogP contribution >= 0.6 is 34.8 Å². The SMILES string of the molecule is C.COC(=O)c1ccnc(COS(C)(=O)=O)c1.COC(=O)c1ccnc(Cn2cc3cc(Cl)ccc3n2)c1.COC(=O)c1ccnc(Cn2ncc3cc(Cl)ccc32)c1.Clc1ccc2[nH]ncc2c1. The summed E-state index contributed by atoms with van der Waals surface area (Å²) in [6, 6.07) is 26.3. The number of methoxy groups -OCH3 is 3. The minimum absolute atomic E-state index is 0. The number of pyridine rings is 3. The second-order valence-corrected chi connectivity index (χ2v) is 17.1. The van der Waals surface area contributed by atoms with E-state index in [1.165, 1.54) is 39.7 Å². The number of H-pyrrole nitrogens is 1. The molecule has 18 nitrogen and oxygen atoms in total. The molecule has 22 heteroatoms. The van der Waals surface area contributed by atoms with Gasteiger partial charge in [0.1, 0.15) is 6.61 Å². The van der Waals surface area contributed by atoms with Crippen molar-refractivity contribution in [1.82, 2.24) is 44.7 Å². The number of aromatic amines is 1. The van der Waals surface area contributed by atoms with Crippen molar-refractivity contribution in [3.8, 4) is 0 Å². The third kappa shape index (κ3) is 15.4. The topological polar surface area (TPSA) is 225 Å². The lowest BCUT2D eigenvalue weighted by atomic mass is 10.2. The molecule has 0 saturated heterocycles. The molecule has 0 aliphatic rings. The molecule has 1 N–H and O–H groups in total.